The molecule has 0 bridgehead atoms. The van der Waals surface area contributed by atoms with Crippen molar-refractivity contribution < 1.29 is 28.6 Å². The van der Waals surface area contributed by atoms with E-state index in [9.17, 15) is 14.4 Å². The molecule has 200 valence electrons. The van der Waals surface area contributed by atoms with E-state index < -0.39 is 5.97 Å². The van der Waals surface area contributed by atoms with Crippen molar-refractivity contribution in [3.8, 4) is 0 Å². The predicted molar refractivity (Wildman–Crippen MR) is 147 cm³/mol. The number of aryl methyl sites for hydroxylation is 1. The minimum atomic E-state index is -0.475. The minimum Gasteiger partial charge on any atom is -0.463 e. The van der Waals surface area contributed by atoms with Crippen molar-refractivity contribution in [2.45, 2.75) is 19.8 Å². The minimum absolute atomic E-state index is 0.0285. The molecule has 9 heteroatoms. The summed E-state index contributed by atoms with van der Waals surface area (Å²) in [5.74, 6) is -0.953. The highest BCUT2D eigenvalue weighted by molar-refractivity contribution is 6.35. The molecule has 8 nitrogen and oxygen atoms in total. The summed E-state index contributed by atoms with van der Waals surface area (Å²) < 4.78 is 15.2. The average molecular weight is 539 g/mol. The Morgan fingerprint density at radius 1 is 0.816 bits per heavy atom. The van der Waals surface area contributed by atoms with Crippen LogP contribution in [0.15, 0.2) is 66.7 Å². The standard InChI is InChI=1S/C29H31ClN2O6/c1-20-7-3-4-8-22(20)29(35)23-12-11-21(19-24(23)30)31-25-9-5-6-10-26(25)32-27(33)13-14-28(34)38-18-17-37-16-15-36-2/h3-12,19,31H,13-18H2,1-2H3,(H,32,33). The molecule has 0 radical (unpaired) electrons. The van der Waals surface area contributed by atoms with Crippen LogP contribution >= 0.6 is 11.6 Å². The Bertz CT molecular complexity index is 1260. The first-order valence-electron chi connectivity index (χ1n) is 12.2. The zero-order chi connectivity index (χ0) is 27.3. The molecule has 0 aliphatic rings. The number of anilines is 3. The van der Waals surface area contributed by atoms with Crippen molar-refractivity contribution in [2.24, 2.45) is 0 Å². The monoisotopic (exact) mass is 538 g/mol. The number of methoxy groups -OCH3 is 1. The summed E-state index contributed by atoms with van der Waals surface area (Å²) in [5, 5.41) is 6.35. The second kappa shape index (κ2) is 14.9. The van der Waals surface area contributed by atoms with Gasteiger partial charge in [0, 0.05) is 30.3 Å². The molecule has 0 unspecified atom stereocenters. The summed E-state index contributed by atoms with van der Waals surface area (Å²) in [6.45, 7) is 3.16. The lowest BCUT2D eigenvalue weighted by Crippen LogP contribution is -2.17. The summed E-state index contributed by atoms with van der Waals surface area (Å²) >= 11 is 6.47. The maximum absolute atomic E-state index is 13.0. The van der Waals surface area contributed by atoms with Gasteiger partial charge in [-0.1, -0.05) is 48.0 Å². The number of hydrogen-bond acceptors (Lipinski definition) is 7. The van der Waals surface area contributed by atoms with Gasteiger partial charge in [-0.3, -0.25) is 14.4 Å². The quantitative estimate of drug-likeness (QED) is 0.158. The van der Waals surface area contributed by atoms with Crippen LogP contribution in [0.2, 0.25) is 5.02 Å². The van der Waals surface area contributed by atoms with Crippen LogP contribution < -0.4 is 10.6 Å². The largest absolute Gasteiger partial charge is 0.463 e. The third kappa shape index (κ3) is 8.69. The van der Waals surface area contributed by atoms with Crippen molar-refractivity contribution in [1.29, 1.82) is 0 Å². The zero-order valence-corrected chi connectivity index (χ0v) is 22.2. The van der Waals surface area contributed by atoms with E-state index in [0.29, 0.717) is 46.4 Å². The number of esters is 1. The first-order chi connectivity index (χ1) is 18.4. The van der Waals surface area contributed by atoms with E-state index in [1.165, 1.54) is 0 Å². The molecule has 0 fully saturated rings. The van der Waals surface area contributed by atoms with Crippen molar-refractivity contribution in [3.05, 3.63) is 88.4 Å². The van der Waals surface area contributed by atoms with Crippen molar-refractivity contribution in [1.82, 2.24) is 0 Å². The van der Waals surface area contributed by atoms with Gasteiger partial charge in [0.1, 0.15) is 6.61 Å². The number of benzene rings is 3. The number of nitrogens with one attached hydrogen (secondary N) is 2. The number of carbonyl (C=O) groups is 3. The smallest absolute Gasteiger partial charge is 0.306 e. The van der Waals surface area contributed by atoms with E-state index in [1.54, 1.807) is 49.6 Å². The SMILES string of the molecule is COCCOCCOC(=O)CCC(=O)Nc1ccccc1Nc1ccc(C(=O)c2ccccc2C)c(Cl)c1. The van der Waals surface area contributed by atoms with Gasteiger partial charge in [-0.05, 0) is 42.8 Å². The first kappa shape index (κ1) is 28.8. The van der Waals surface area contributed by atoms with Crippen LogP contribution in [0.25, 0.3) is 0 Å². The highest BCUT2D eigenvalue weighted by Crippen LogP contribution is 2.29. The van der Waals surface area contributed by atoms with Crippen molar-refractivity contribution in [2.75, 3.05) is 44.2 Å². The van der Waals surface area contributed by atoms with Crippen LogP contribution in [-0.2, 0) is 23.8 Å². The van der Waals surface area contributed by atoms with E-state index in [4.69, 9.17) is 25.8 Å². The van der Waals surface area contributed by atoms with Gasteiger partial charge in [0.05, 0.1) is 42.6 Å². The number of rotatable bonds is 14. The summed E-state index contributed by atoms with van der Waals surface area (Å²) in [6, 6.07) is 19.6. The normalized spacial score (nSPS) is 10.6. The van der Waals surface area contributed by atoms with Gasteiger partial charge in [-0.25, -0.2) is 0 Å². The zero-order valence-electron chi connectivity index (χ0n) is 21.4. The highest BCUT2D eigenvalue weighted by Gasteiger charge is 2.16. The molecule has 0 heterocycles. The molecule has 0 spiro atoms. The molecule has 0 saturated heterocycles. The van der Waals surface area contributed by atoms with Crippen LogP contribution in [0.1, 0.15) is 34.3 Å². The Morgan fingerprint density at radius 3 is 2.26 bits per heavy atom. The molecule has 0 aromatic heterocycles. The van der Waals surface area contributed by atoms with Crippen LogP contribution in [-0.4, -0.2) is 51.2 Å². The maximum atomic E-state index is 13.0. The number of carbonyl (C=O) groups excluding carboxylic acids is 3. The fraction of sp³-hybridized carbons (Fsp3) is 0.276. The second-order valence-electron chi connectivity index (χ2n) is 8.38. The molecule has 3 aromatic rings. The Labute approximate surface area is 227 Å². The fourth-order valence-corrected chi connectivity index (χ4v) is 3.83. The van der Waals surface area contributed by atoms with E-state index in [2.05, 4.69) is 10.6 Å². The Hall–Kier alpha value is -3.72. The molecule has 38 heavy (non-hydrogen) atoms. The van der Waals surface area contributed by atoms with Crippen LogP contribution in [0.5, 0.6) is 0 Å². The van der Waals surface area contributed by atoms with Gasteiger partial charge in [-0.2, -0.15) is 0 Å². The van der Waals surface area contributed by atoms with Gasteiger partial charge in [0.15, 0.2) is 5.78 Å². The molecule has 2 N–H and O–H groups in total. The third-order valence-corrected chi connectivity index (χ3v) is 5.87. The topological polar surface area (TPSA) is 103 Å². The molecular formula is C29H31ClN2O6. The second-order valence-corrected chi connectivity index (χ2v) is 8.79. The first-order valence-corrected chi connectivity index (χ1v) is 12.5. The van der Waals surface area contributed by atoms with Crippen LogP contribution in [0.3, 0.4) is 0 Å². The van der Waals surface area contributed by atoms with E-state index in [0.717, 1.165) is 5.56 Å². The average Bonchev–Trinajstić information content (AvgIpc) is 2.90. The Morgan fingerprint density at radius 2 is 1.53 bits per heavy atom. The summed E-state index contributed by atoms with van der Waals surface area (Å²) in [7, 11) is 1.58. The Kier molecular flexibility index (Phi) is 11.3. The molecule has 0 aliphatic heterocycles. The number of para-hydroxylation sites is 2. The highest BCUT2D eigenvalue weighted by atomic mass is 35.5. The molecule has 3 rings (SSSR count). The van der Waals surface area contributed by atoms with Crippen LogP contribution in [0, 0.1) is 6.92 Å². The predicted octanol–water partition coefficient (Wildman–Crippen LogP) is 5.55. The Balaban J connectivity index is 1.55. The van der Waals surface area contributed by atoms with E-state index in [1.807, 2.05) is 31.2 Å². The lowest BCUT2D eigenvalue weighted by atomic mass is 9.99. The lowest BCUT2D eigenvalue weighted by Gasteiger charge is -2.14. The molecule has 0 atom stereocenters. The maximum Gasteiger partial charge on any atom is 0.306 e. The molecular weight excluding hydrogens is 508 g/mol. The molecule has 0 saturated carbocycles. The van der Waals surface area contributed by atoms with Crippen LogP contribution in [0.4, 0.5) is 17.1 Å². The molecule has 1 amide bonds. The molecule has 0 aliphatic carbocycles. The number of ether oxygens (including phenoxy) is 3. The van der Waals surface area contributed by atoms with E-state index >= 15 is 0 Å². The summed E-state index contributed by atoms with van der Waals surface area (Å²) in [4.78, 5) is 37.3. The van der Waals surface area contributed by atoms with E-state index in [-0.39, 0.29) is 37.7 Å². The number of halogens is 1. The summed E-state index contributed by atoms with van der Waals surface area (Å²) in [6.07, 6.45) is -0.0786. The molecule has 3 aromatic carbocycles. The van der Waals surface area contributed by atoms with Gasteiger partial charge in [0.25, 0.3) is 0 Å². The van der Waals surface area contributed by atoms with Gasteiger partial charge in [0.2, 0.25) is 5.91 Å². The third-order valence-electron chi connectivity index (χ3n) is 5.56. The fourth-order valence-electron chi connectivity index (χ4n) is 3.57. The number of hydrogen-bond donors (Lipinski definition) is 2. The van der Waals surface area contributed by atoms with Gasteiger partial charge in [-0.15, -0.1) is 0 Å². The number of amides is 1. The number of ketones is 1. The van der Waals surface area contributed by atoms with Crippen molar-refractivity contribution in [3.63, 3.8) is 0 Å². The van der Waals surface area contributed by atoms with Crippen molar-refractivity contribution >= 4 is 46.3 Å². The van der Waals surface area contributed by atoms with Gasteiger partial charge < -0.3 is 24.8 Å². The summed E-state index contributed by atoms with van der Waals surface area (Å²) in [5.41, 5.74) is 3.69. The van der Waals surface area contributed by atoms with Gasteiger partial charge >= 0.3 is 5.97 Å². The lowest BCUT2D eigenvalue weighted by molar-refractivity contribution is -0.146.